The molecule has 0 atom stereocenters. The molecule has 104 valence electrons. The van der Waals surface area contributed by atoms with Gasteiger partial charge in [0.15, 0.2) is 0 Å². The van der Waals surface area contributed by atoms with E-state index in [1.807, 2.05) is 0 Å². The largest absolute Gasteiger partial charge is 4.00 e. The van der Waals surface area contributed by atoms with E-state index in [0.29, 0.717) is 11.8 Å². The summed E-state index contributed by atoms with van der Waals surface area (Å²) in [5.74, 6) is 1.32. The van der Waals surface area contributed by atoms with Gasteiger partial charge in [-0.15, -0.1) is 12.8 Å². The Bertz CT molecular complexity index is 303. The molecule has 0 nitrogen and oxygen atoms in total. The van der Waals surface area contributed by atoms with Crippen LogP contribution in [0.1, 0.15) is 40.5 Å². The number of allylic oxidation sites excluding steroid dienone is 8. The normalized spacial score (nSPS) is 14.8. The minimum absolute atomic E-state index is 0. The molecule has 19 heavy (non-hydrogen) atoms. The average Bonchev–Trinajstić information content (AvgIpc) is 2.93. The molecule has 0 amide bonds. The Labute approximate surface area is 159 Å². The quantitative estimate of drug-likeness (QED) is 0.444. The molecular formula is C16H22Br2Zr. The van der Waals surface area contributed by atoms with Crippen molar-refractivity contribution in [1.82, 2.24) is 0 Å². The van der Waals surface area contributed by atoms with Crippen LogP contribution in [0, 0.1) is 24.0 Å². The minimum atomic E-state index is 0. The van der Waals surface area contributed by atoms with Gasteiger partial charge >= 0.3 is 26.2 Å². The van der Waals surface area contributed by atoms with Crippen LogP contribution in [0.3, 0.4) is 0 Å². The van der Waals surface area contributed by atoms with Crippen molar-refractivity contribution >= 4 is 0 Å². The molecule has 0 aromatic heterocycles. The van der Waals surface area contributed by atoms with Crippen molar-refractivity contribution in [1.29, 1.82) is 0 Å². The Hall–Kier alpha value is 0.803. The first-order valence-electron chi connectivity index (χ1n) is 6.15. The smallest absolute Gasteiger partial charge is 1.00 e. The van der Waals surface area contributed by atoms with Crippen molar-refractivity contribution < 1.29 is 60.2 Å². The van der Waals surface area contributed by atoms with E-state index >= 15 is 0 Å². The van der Waals surface area contributed by atoms with Crippen LogP contribution in [0.2, 0.25) is 0 Å². The summed E-state index contributed by atoms with van der Waals surface area (Å²) in [6, 6.07) is 0. The molecule has 3 heteroatoms. The van der Waals surface area contributed by atoms with Gasteiger partial charge in [-0.3, -0.25) is 12.2 Å². The fourth-order valence-corrected chi connectivity index (χ4v) is 1.64. The molecule has 0 saturated heterocycles. The zero-order valence-corrected chi connectivity index (χ0v) is 17.8. The zero-order chi connectivity index (χ0) is 12.0. The maximum Gasteiger partial charge on any atom is 4.00 e. The van der Waals surface area contributed by atoms with Crippen molar-refractivity contribution in [3.05, 3.63) is 47.6 Å². The van der Waals surface area contributed by atoms with E-state index < -0.39 is 0 Å². The summed E-state index contributed by atoms with van der Waals surface area (Å²) in [5, 5.41) is 0. The first kappa shape index (κ1) is 24.8. The second-order valence-electron chi connectivity index (χ2n) is 4.79. The summed E-state index contributed by atoms with van der Waals surface area (Å²) in [6.45, 7) is 8.77. The van der Waals surface area contributed by atoms with Crippen LogP contribution in [-0.4, -0.2) is 0 Å². The number of rotatable bonds is 2. The second kappa shape index (κ2) is 13.8. The maximum absolute atomic E-state index is 3.26. The summed E-state index contributed by atoms with van der Waals surface area (Å²) in [7, 11) is 0. The molecule has 2 aliphatic rings. The van der Waals surface area contributed by atoms with Crippen molar-refractivity contribution in [2.75, 3.05) is 0 Å². The first-order valence-corrected chi connectivity index (χ1v) is 6.15. The van der Waals surface area contributed by atoms with Crippen LogP contribution < -0.4 is 34.0 Å². The fraction of sp³-hybridized carbons (Fsp3) is 0.500. The van der Waals surface area contributed by atoms with Gasteiger partial charge in [-0.2, -0.15) is 12.2 Å². The van der Waals surface area contributed by atoms with Gasteiger partial charge in [0, 0.05) is 0 Å². The van der Waals surface area contributed by atoms with Crippen LogP contribution >= 0.6 is 0 Å². The van der Waals surface area contributed by atoms with Crippen LogP contribution in [0.25, 0.3) is 0 Å². The molecule has 0 heterocycles. The summed E-state index contributed by atoms with van der Waals surface area (Å²) in [5.41, 5.74) is 2.73. The minimum Gasteiger partial charge on any atom is -1.00 e. The third-order valence-electron chi connectivity index (χ3n) is 2.69. The second-order valence-corrected chi connectivity index (χ2v) is 4.79. The standard InChI is InChI=1S/2C8H11.2BrH.Zr/c2*1-7(2)8-5-3-4-6-8;;;/h2*3,5,7H,4H2,1-2H3;2*1H;/q2*-1;;;+4/p-2. The maximum atomic E-state index is 3.26. The molecule has 0 aromatic carbocycles. The fourth-order valence-electron chi connectivity index (χ4n) is 1.64. The molecule has 0 saturated carbocycles. The average molecular weight is 465 g/mol. The van der Waals surface area contributed by atoms with Crippen LogP contribution in [-0.2, 0) is 26.2 Å². The van der Waals surface area contributed by atoms with Gasteiger partial charge in [-0.25, -0.2) is 23.3 Å². The molecule has 0 aromatic rings. The van der Waals surface area contributed by atoms with Gasteiger partial charge in [0.25, 0.3) is 0 Å². The van der Waals surface area contributed by atoms with Crippen molar-refractivity contribution in [2.45, 2.75) is 40.5 Å². The zero-order valence-electron chi connectivity index (χ0n) is 12.1. The topological polar surface area (TPSA) is 0 Å². The summed E-state index contributed by atoms with van der Waals surface area (Å²) in [4.78, 5) is 0. The molecular weight excluding hydrogens is 443 g/mol. The Morgan fingerprint density at radius 3 is 1.21 bits per heavy atom. The molecule has 0 spiro atoms. The molecule has 0 fully saturated rings. The van der Waals surface area contributed by atoms with Crippen molar-refractivity contribution in [3.8, 4) is 0 Å². The van der Waals surface area contributed by atoms with Gasteiger partial charge in [0.2, 0.25) is 0 Å². The van der Waals surface area contributed by atoms with E-state index in [1.165, 1.54) is 11.1 Å². The van der Waals surface area contributed by atoms with Gasteiger partial charge < -0.3 is 34.0 Å². The predicted octanol–water partition coefficient (Wildman–Crippen LogP) is -1.33. The molecule has 0 radical (unpaired) electrons. The predicted molar refractivity (Wildman–Crippen MR) is 70.7 cm³/mol. The van der Waals surface area contributed by atoms with Gasteiger partial charge in [-0.1, -0.05) is 39.5 Å². The van der Waals surface area contributed by atoms with E-state index in [-0.39, 0.29) is 60.2 Å². The van der Waals surface area contributed by atoms with Crippen LogP contribution in [0.5, 0.6) is 0 Å². The summed E-state index contributed by atoms with van der Waals surface area (Å²) >= 11 is 0. The molecule has 2 rings (SSSR count). The molecule has 2 aliphatic carbocycles. The Morgan fingerprint density at radius 2 is 1.11 bits per heavy atom. The summed E-state index contributed by atoms with van der Waals surface area (Å²) < 4.78 is 0. The van der Waals surface area contributed by atoms with E-state index in [1.54, 1.807) is 0 Å². The van der Waals surface area contributed by atoms with Gasteiger partial charge in [0.1, 0.15) is 0 Å². The molecule has 0 bridgehead atoms. The van der Waals surface area contributed by atoms with E-state index in [2.05, 4.69) is 64.2 Å². The van der Waals surface area contributed by atoms with E-state index in [0.717, 1.165) is 12.8 Å². The number of halogens is 2. The molecule has 0 N–H and O–H groups in total. The van der Waals surface area contributed by atoms with E-state index in [9.17, 15) is 0 Å². The third-order valence-corrected chi connectivity index (χ3v) is 2.69. The van der Waals surface area contributed by atoms with Crippen molar-refractivity contribution in [2.24, 2.45) is 11.8 Å². The molecule has 0 unspecified atom stereocenters. The molecule has 0 aliphatic heterocycles. The first-order chi connectivity index (χ1) is 7.61. The number of hydrogen-bond donors (Lipinski definition) is 0. The van der Waals surface area contributed by atoms with Crippen LogP contribution in [0.15, 0.2) is 35.5 Å². The summed E-state index contributed by atoms with van der Waals surface area (Å²) in [6.07, 6.45) is 17.2. The SMILES string of the molecule is CC(C)C1=[C-]CC=C1.CC(C)C1=[C-]CC=C1.[Br-].[Br-].[Zr+4]. The Kier molecular flexibility index (Phi) is 18.0. The van der Waals surface area contributed by atoms with Crippen LogP contribution in [0.4, 0.5) is 0 Å². The van der Waals surface area contributed by atoms with Gasteiger partial charge in [-0.05, 0) is 0 Å². The third kappa shape index (κ3) is 10.2. The van der Waals surface area contributed by atoms with Gasteiger partial charge in [0.05, 0.1) is 0 Å². The van der Waals surface area contributed by atoms with E-state index in [4.69, 9.17) is 0 Å². The number of hydrogen-bond acceptors (Lipinski definition) is 0. The Balaban J connectivity index is -0.000000233. The Morgan fingerprint density at radius 1 is 0.789 bits per heavy atom. The van der Waals surface area contributed by atoms with Crippen molar-refractivity contribution in [3.63, 3.8) is 0 Å². The monoisotopic (exact) mass is 462 g/mol.